The van der Waals surface area contributed by atoms with Crippen molar-refractivity contribution in [1.82, 2.24) is 4.90 Å². The molecule has 1 aliphatic carbocycles. The minimum Gasteiger partial charge on any atom is -0.481 e. The van der Waals surface area contributed by atoms with Gasteiger partial charge < -0.3 is 10.0 Å². The summed E-state index contributed by atoms with van der Waals surface area (Å²) >= 11 is 0. The van der Waals surface area contributed by atoms with Gasteiger partial charge in [0.15, 0.2) is 0 Å². The molecule has 1 saturated heterocycles. The summed E-state index contributed by atoms with van der Waals surface area (Å²) in [5.74, 6) is -1.11. The summed E-state index contributed by atoms with van der Waals surface area (Å²) in [5.41, 5.74) is 1.84. The lowest BCUT2D eigenvalue weighted by molar-refractivity contribution is -0.143. The highest BCUT2D eigenvalue weighted by Gasteiger charge is 2.55. The molecule has 0 aromatic heterocycles. The molecular formula is C17H21NO3. The monoisotopic (exact) mass is 287 g/mol. The van der Waals surface area contributed by atoms with E-state index in [1.54, 1.807) is 4.90 Å². The van der Waals surface area contributed by atoms with Crippen LogP contribution in [0.4, 0.5) is 0 Å². The Kier molecular flexibility index (Phi) is 3.27. The molecule has 21 heavy (non-hydrogen) atoms. The van der Waals surface area contributed by atoms with Gasteiger partial charge in [0.25, 0.3) is 0 Å². The number of aliphatic carboxylic acids is 1. The van der Waals surface area contributed by atoms with Crippen LogP contribution in [0.3, 0.4) is 0 Å². The van der Waals surface area contributed by atoms with Gasteiger partial charge in [-0.3, -0.25) is 9.59 Å². The summed E-state index contributed by atoms with van der Waals surface area (Å²) in [4.78, 5) is 26.0. The van der Waals surface area contributed by atoms with E-state index in [0.717, 1.165) is 24.0 Å². The van der Waals surface area contributed by atoms with E-state index in [-0.39, 0.29) is 11.9 Å². The molecule has 2 unspecified atom stereocenters. The highest BCUT2D eigenvalue weighted by molar-refractivity contribution is 5.92. The predicted octanol–water partition coefficient (Wildman–Crippen LogP) is 2.35. The number of carbonyl (C=O) groups is 2. The maximum Gasteiger partial charge on any atom is 0.308 e. The molecule has 1 N–H and O–H groups in total. The van der Waals surface area contributed by atoms with Crippen molar-refractivity contribution < 1.29 is 14.7 Å². The molecule has 1 amide bonds. The number of carboxylic acid groups (broad SMARTS) is 1. The van der Waals surface area contributed by atoms with E-state index in [2.05, 4.69) is 6.07 Å². The Morgan fingerprint density at radius 1 is 1.33 bits per heavy atom. The number of hydrogen-bond acceptors (Lipinski definition) is 2. The van der Waals surface area contributed by atoms with E-state index < -0.39 is 17.3 Å². The summed E-state index contributed by atoms with van der Waals surface area (Å²) < 4.78 is 0. The van der Waals surface area contributed by atoms with Gasteiger partial charge in [-0.2, -0.15) is 0 Å². The van der Waals surface area contributed by atoms with Crippen LogP contribution in [-0.2, 0) is 15.0 Å². The van der Waals surface area contributed by atoms with Crippen LogP contribution in [0, 0.1) is 12.8 Å². The van der Waals surface area contributed by atoms with Crippen molar-refractivity contribution >= 4 is 11.9 Å². The number of likely N-dealkylation sites (tertiary alicyclic amines) is 1. The molecule has 2 aliphatic rings. The zero-order chi connectivity index (χ0) is 15.2. The second kappa shape index (κ2) is 4.86. The van der Waals surface area contributed by atoms with Crippen LogP contribution in [0.15, 0.2) is 24.3 Å². The summed E-state index contributed by atoms with van der Waals surface area (Å²) in [6.07, 6.45) is 2.30. The second-order valence-corrected chi connectivity index (χ2v) is 6.42. The van der Waals surface area contributed by atoms with Gasteiger partial charge in [0, 0.05) is 12.6 Å². The van der Waals surface area contributed by atoms with Crippen LogP contribution in [0.5, 0.6) is 0 Å². The summed E-state index contributed by atoms with van der Waals surface area (Å²) in [5, 5.41) is 9.22. The van der Waals surface area contributed by atoms with E-state index in [1.165, 1.54) is 0 Å². The standard InChI is InChI=1S/C17H21NO3/c1-11-4-3-5-13(10-11)17(7-8-17)16(21)18-9-6-14(12(18)2)15(19)20/h3-5,10,12,14H,6-9H2,1-2H3,(H,19,20). The number of aryl methyl sites for hydroxylation is 1. The summed E-state index contributed by atoms with van der Waals surface area (Å²) in [7, 11) is 0. The van der Waals surface area contributed by atoms with E-state index in [9.17, 15) is 14.7 Å². The van der Waals surface area contributed by atoms with Crippen LogP contribution in [0.2, 0.25) is 0 Å². The van der Waals surface area contributed by atoms with Crippen molar-refractivity contribution in [1.29, 1.82) is 0 Å². The van der Waals surface area contributed by atoms with Gasteiger partial charge in [-0.25, -0.2) is 0 Å². The Hall–Kier alpha value is -1.84. The molecule has 3 rings (SSSR count). The Balaban J connectivity index is 1.84. The van der Waals surface area contributed by atoms with Gasteiger partial charge in [0.05, 0.1) is 11.3 Å². The lowest BCUT2D eigenvalue weighted by Crippen LogP contribution is -2.43. The molecule has 0 spiro atoms. The molecule has 4 nitrogen and oxygen atoms in total. The van der Waals surface area contributed by atoms with Crippen LogP contribution in [0.25, 0.3) is 0 Å². The lowest BCUT2D eigenvalue weighted by Gasteiger charge is -2.28. The van der Waals surface area contributed by atoms with E-state index in [4.69, 9.17) is 0 Å². The fraction of sp³-hybridized carbons (Fsp3) is 0.529. The molecule has 0 bridgehead atoms. The normalized spacial score (nSPS) is 26.7. The average molecular weight is 287 g/mol. The minimum absolute atomic E-state index is 0.115. The number of amides is 1. The third kappa shape index (κ3) is 2.23. The fourth-order valence-corrected chi connectivity index (χ4v) is 3.53. The smallest absolute Gasteiger partial charge is 0.308 e. The predicted molar refractivity (Wildman–Crippen MR) is 79.0 cm³/mol. The Morgan fingerprint density at radius 2 is 2.05 bits per heavy atom. The van der Waals surface area contributed by atoms with Crippen molar-refractivity contribution in [3.8, 4) is 0 Å². The van der Waals surface area contributed by atoms with Crippen LogP contribution in [-0.4, -0.2) is 34.5 Å². The topological polar surface area (TPSA) is 57.6 Å². The Morgan fingerprint density at radius 3 is 2.57 bits per heavy atom. The van der Waals surface area contributed by atoms with E-state index in [1.807, 2.05) is 32.0 Å². The molecule has 112 valence electrons. The molecule has 4 heteroatoms. The first-order valence-electron chi connectivity index (χ1n) is 7.57. The maximum atomic E-state index is 13.0. The second-order valence-electron chi connectivity index (χ2n) is 6.42. The molecule has 2 atom stereocenters. The van der Waals surface area contributed by atoms with Crippen molar-refractivity contribution in [2.75, 3.05) is 6.54 Å². The first-order chi connectivity index (χ1) is 9.95. The first kappa shape index (κ1) is 14.1. The van der Waals surface area contributed by atoms with Gasteiger partial charge in [-0.15, -0.1) is 0 Å². The quantitative estimate of drug-likeness (QED) is 0.928. The van der Waals surface area contributed by atoms with Gasteiger partial charge >= 0.3 is 5.97 Å². The fourth-order valence-electron chi connectivity index (χ4n) is 3.53. The Labute approximate surface area is 124 Å². The highest BCUT2D eigenvalue weighted by atomic mass is 16.4. The number of hydrogen-bond donors (Lipinski definition) is 1. The number of benzene rings is 1. The first-order valence-corrected chi connectivity index (χ1v) is 7.57. The molecule has 1 heterocycles. The van der Waals surface area contributed by atoms with Crippen molar-refractivity contribution in [3.63, 3.8) is 0 Å². The zero-order valence-corrected chi connectivity index (χ0v) is 12.5. The average Bonchev–Trinajstić information content (AvgIpc) is 3.16. The van der Waals surface area contributed by atoms with Crippen LogP contribution < -0.4 is 0 Å². The lowest BCUT2D eigenvalue weighted by atomic mass is 9.92. The van der Waals surface area contributed by atoms with E-state index >= 15 is 0 Å². The van der Waals surface area contributed by atoms with Crippen LogP contribution in [0.1, 0.15) is 37.3 Å². The Bertz CT molecular complexity index is 591. The number of nitrogens with zero attached hydrogens (tertiary/aromatic N) is 1. The van der Waals surface area contributed by atoms with Crippen molar-refractivity contribution in [2.45, 2.75) is 44.6 Å². The molecule has 0 radical (unpaired) electrons. The highest BCUT2D eigenvalue weighted by Crippen LogP contribution is 2.50. The van der Waals surface area contributed by atoms with Gasteiger partial charge in [-0.05, 0) is 38.7 Å². The van der Waals surface area contributed by atoms with Gasteiger partial charge in [0.1, 0.15) is 0 Å². The number of carboxylic acids is 1. The molecule has 1 aliphatic heterocycles. The largest absolute Gasteiger partial charge is 0.481 e. The molecule has 1 saturated carbocycles. The third-order valence-electron chi connectivity index (χ3n) is 5.06. The van der Waals surface area contributed by atoms with Crippen molar-refractivity contribution in [3.05, 3.63) is 35.4 Å². The van der Waals surface area contributed by atoms with Gasteiger partial charge in [0.2, 0.25) is 5.91 Å². The number of carbonyl (C=O) groups excluding carboxylic acids is 1. The summed E-state index contributed by atoms with van der Waals surface area (Å²) in [6.45, 7) is 4.45. The third-order valence-corrected chi connectivity index (χ3v) is 5.06. The van der Waals surface area contributed by atoms with Crippen LogP contribution >= 0.6 is 0 Å². The van der Waals surface area contributed by atoms with E-state index in [0.29, 0.717) is 13.0 Å². The molecule has 1 aromatic carbocycles. The summed E-state index contributed by atoms with van der Waals surface area (Å²) in [6, 6.07) is 7.92. The molecule has 1 aromatic rings. The maximum absolute atomic E-state index is 13.0. The zero-order valence-electron chi connectivity index (χ0n) is 12.5. The minimum atomic E-state index is -0.793. The number of rotatable bonds is 3. The molecular weight excluding hydrogens is 266 g/mol. The van der Waals surface area contributed by atoms with Crippen molar-refractivity contribution in [2.24, 2.45) is 5.92 Å². The van der Waals surface area contributed by atoms with Gasteiger partial charge in [-0.1, -0.05) is 29.8 Å². The SMILES string of the molecule is Cc1cccc(C2(C(=O)N3CCC(C(=O)O)C3C)CC2)c1. The molecule has 2 fully saturated rings.